The zero-order chi connectivity index (χ0) is 21.1. The molecular weight excluding hydrogens is 376 g/mol. The maximum atomic E-state index is 13.5. The molecule has 1 heterocycles. The van der Waals surface area contributed by atoms with Gasteiger partial charge in [-0.2, -0.15) is 0 Å². The van der Waals surface area contributed by atoms with Gasteiger partial charge in [0.1, 0.15) is 11.6 Å². The van der Waals surface area contributed by atoms with Gasteiger partial charge in [-0.3, -0.25) is 10.2 Å². The zero-order valence-corrected chi connectivity index (χ0v) is 17.3. The zero-order valence-electron chi connectivity index (χ0n) is 17.3. The van der Waals surface area contributed by atoms with Crippen molar-refractivity contribution >= 4 is 11.7 Å². The molecule has 0 bridgehead atoms. The number of nitrogens with zero attached hydrogens (tertiary/aromatic N) is 1. The van der Waals surface area contributed by atoms with Crippen LogP contribution in [0.4, 0.5) is 0 Å². The van der Waals surface area contributed by atoms with E-state index in [-0.39, 0.29) is 23.2 Å². The molecule has 1 saturated carbocycles. The van der Waals surface area contributed by atoms with E-state index in [1.165, 1.54) is 0 Å². The first-order valence-corrected chi connectivity index (χ1v) is 10.7. The lowest BCUT2D eigenvalue weighted by Crippen LogP contribution is -2.55. The number of benzene rings is 2. The fraction of sp³-hybridized carbons (Fsp3) is 0.417. The number of ether oxygens (including phenoxy) is 1. The quantitative estimate of drug-likeness (QED) is 0.485. The smallest absolute Gasteiger partial charge is 0.254 e. The summed E-state index contributed by atoms with van der Waals surface area (Å²) in [5, 5.41) is 7.72. The van der Waals surface area contributed by atoms with Crippen molar-refractivity contribution in [3.63, 3.8) is 0 Å². The van der Waals surface area contributed by atoms with Crippen LogP contribution in [0, 0.1) is 5.41 Å². The number of hydrogen-bond acceptors (Lipinski definition) is 4. The summed E-state index contributed by atoms with van der Waals surface area (Å²) in [6.45, 7) is 1.69. The van der Waals surface area contributed by atoms with Crippen molar-refractivity contribution in [1.29, 1.82) is 5.41 Å². The lowest BCUT2D eigenvalue weighted by Gasteiger charge is -2.41. The Balaban J connectivity index is 1.57. The average molecular weight is 407 g/mol. The van der Waals surface area contributed by atoms with E-state index in [1.54, 1.807) is 0 Å². The Morgan fingerprint density at radius 2 is 1.87 bits per heavy atom. The second-order valence-corrected chi connectivity index (χ2v) is 8.42. The van der Waals surface area contributed by atoms with Gasteiger partial charge in [0, 0.05) is 35.7 Å². The van der Waals surface area contributed by atoms with E-state index < -0.39 is 0 Å². The van der Waals surface area contributed by atoms with Crippen LogP contribution in [0.15, 0.2) is 48.5 Å². The molecule has 6 nitrogen and oxygen atoms in total. The van der Waals surface area contributed by atoms with Crippen molar-refractivity contribution in [2.45, 2.75) is 43.6 Å². The van der Waals surface area contributed by atoms with Crippen molar-refractivity contribution < 1.29 is 9.53 Å². The molecular formula is C24H30N4O2. The molecule has 1 fully saturated rings. The highest BCUT2D eigenvalue weighted by Gasteiger charge is 2.41. The Bertz CT molecular complexity index is 922. The minimum absolute atomic E-state index is 0.0531. The molecule has 0 radical (unpaired) electrons. The summed E-state index contributed by atoms with van der Waals surface area (Å²) in [4.78, 5) is 15.5. The van der Waals surface area contributed by atoms with E-state index in [0.29, 0.717) is 30.8 Å². The van der Waals surface area contributed by atoms with Crippen LogP contribution in [0.2, 0.25) is 0 Å². The van der Waals surface area contributed by atoms with Crippen molar-refractivity contribution in [3.8, 4) is 5.75 Å². The van der Waals surface area contributed by atoms with E-state index in [4.69, 9.17) is 21.6 Å². The molecule has 0 aromatic heterocycles. The number of rotatable bonds is 7. The van der Waals surface area contributed by atoms with Gasteiger partial charge in [-0.05, 0) is 49.6 Å². The largest absolute Gasteiger partial charge is 0.493 e. The van der Waals surface area contributed by atoms with E-state index in [9.17, 15) is 4.79 Å². The number of nitrogens with one attached hydrogen (secondary N) is 1. The normalized spacial score (nSPS) is 19.2. The molecule has 1 amide bonds. The van der Waals surface area contributed by atoms with Crippen molar-refractivity contribution in [3.05, 3.63) is 65.2 Å². The van der Waals surface area contributed by atoms with E-state index in [1.807, 2.05) is 53.4 Å². The van der Waals surface area contributed by atoms with Gasteiger partial charge in [0.15, 0.2) is 0 Å². The number of carbonyl (C=O) groups excluding carboxylic acids is 1. The van der Waals surface area contributed by atoms with Crippen LogP contribution >= 0.6 is 0 Å². The summed E-state index contributed by atoms with van der Waals surface area (Å²) in [6, 6.07) is 15.1. The molecule has 0 saturated heterocycles. The summed E-state index contributed by atoms with van der Waals surface area (Å²) in [5.74, 6) is 1.12. The second kappa shape index (κ2) is 8.48. The number of nitrogens with two attached hydrogens (primary N) is 2. The predicted molar refractivity (Wildman–Crippen MR) is 118 cm³/mol. The summed E-state index contributed by atoms with van der Waals surface area (Å²) < 4.78 is 5.86. The summed E-state index contributed by atoms with van der Waals surface area (Å²) in [7, 11) is 0. The Hall–Kier alpha value is -2.86. The molecule has 0 spiro atoms. The van der Waals surface area contributed by atoms with Crippen LogP contribution < -0.4 is 16.2 Å². The summed E-state index contributed by atoms with van der Waals surface area (Å²) >= 11 is 0. The average Bonchev–Trinajstić information content (AvgIpc) is 3.42. The number of hydrogen-bond donors (Lipinski definition) is 3. The molecule has 2 aromatic rings. The van der Waals surface area contributed by atoms with E-state index >= 15 is 0 Å². The fourth-order valence-electron chi connectivity index (χ4n) is 4.88. The minimum atomic E-state index is -0.267. The number of fused-ring (bicyclic) bond motifs is 1. The number of amides is 1. The Kier molecular flexibility index (Phi) is 5.77. The molecule has 4 rings (SSSR count). The first kappa shape index (κ1) is 20.4. The SMILES string of the molecule is N=C(N)c1ccc2c(c1)C(CCN(C(=O)c1ccccc1)C1(CN)CCCC1)CO2. The highest BCUT2D eigenvalue weighted by Crippen LogP contribution is 2.39. The summed E-state index contributed by atoms with van der Waals surface area (Å²) in [5.41, 5.74) is 14.1. The fourth-order valence-corrected chi connectivity index (χ4v) is 4.88. The number of nitrogen functional groups attached to an aromatic ring is 1. The molecule has 1 aliphatic carbocycles. The third kappa shape index (κ3) is 3.79. The lowest BCUT2D eigenvalue weighted by molar-refractivity contribution is 0.0484. The maximum Gasteiger partial charge on any atom is 0.254 e. The van der Waals surface area contributed by atoms with E-state index in [2.05, 4.69) is 0 Å². The van der Waals surface area contributed by atoms with Gasteiger partial charge in [0.05, 0.1) is 12.1 Å². The molecule has 1 aliphatic heterocycles. The van der Waals surface area contributed by atoms with Gasteiger partial charge < -0.3 is 21.1 Å². The monoisotopic (exact) mass is 406 g/mol. The number of amidine groups is 1. The number of carbonyl (C=O) groups is 1. The highest BCUT2D eigenvalue weighted by molar-refractivity contribution is 5.95. The predicted octanol–water partition coefficient (Wildman–Crippen LogP) is 3.25. The molecule has 6 heteroatoms. The molecule has 2 aromatic carbocycles. The summed E-state index contributed by atoms with van der Waals surface area (Å²) in [6.07, 6.45) is 4.90. The van der Waals surface area contributed by atoms with E-state index in [0.717, 1.165) is 43.4 Å². The van der Waals surface area contributed by atoms with Crippen LogP contribution in [-0.4, -0.2) is 41.9 Å². The Morgan fingerprint density at radius 3 is 2.53 bits per heavy atom. The van der Waals surface area contributed by atoms with Crippen LogP contribution in [0.1, 0.15) is 59.5 Å². The molecule has 1 unspecified atom stereocenters. The van der Waals surface area contributed by atoms with Crippen LogP contribution in [-0.2, 0) is 0 Å². The van der Waals surface area contributed by atoms with Crippen molar-refractivity contribution in [1.82, 2.24) is 4.90 Å². The lowest BCUT2D eigenvalue weighted by atomic mass is 9.91. The van der Waals surface area contributed by atoms with Crippen LogP contribution in [0.5, 0.6) is 5.75 Å². The van der Waals surface area contributed by atoms with Crippen molar-refractivity contribution in [2.24, 2.45) is 11.5 Å². The van der Waals surface area contributed by atoms with Gasteiger partial charge in [-0.1, -0.05) is 31.0 Å². The Morgan fingerprint density at radius 1 is 1.13 bits per heavy atom. The first-order valence-electron chi connectivity index (χ1n) is 10.7. The van der Waals surface area contributed by atoms with Gasteiger partial charge in [-0.15, -0.1) is 0 Å². The first-order chi connectivity index (χ1) is 14.5. The van der Waals surface area contributed by atoms with Crippen molar-refractivity contribution in [2.75, 3.05) is 19.7 Å². The van der Waals surface area contributed by atoms with Gasteiger partial charge in [0.2, 0.25) is 0 Å². The minimum Gasteiger partial charge on any atom is -0.493 e. The Labute approximate surface area is 177 Å². The molecule has 5 N–H and O–H groups in total. The van der Waals surface area contributed by atoms with Gasteiger partial charge in [-0.25, -0.2) is 0 Å². The van der Waals surface area contributed by atoms with Crippen LogP contribution in [0.3, 0.4) is 0 Å². The molecule has 2 aliphatic rings. The van der Waals surface area contributed by atoms with Gasteiger partial charge >= 0.3 is 0 Å². The molecule has 1 atom stereocenters. The molecule has 158 valence electrons. The highest BCUT2D eigenvalue weighted by atomic mass is 16.5. The van der Waals surface area contributed by atoms with Gasteiger partial charge in [0.25, 0.3) is 5.91 Å². The maximum absolute atomic E-state index is 13.5. The topological polar surface area (TPSA) is 105 Å². The van der Waals surface area contributed by atoms with Crippen LogP contribution in [0.25, 0.3) is 0 Å². The standard InChI is InChI=1S/C24H30N4O2/c25-16-24(11-4-5-12-24)28(23(29)17-6-2-1-3-7-17)13-10-19-15-30-21-9-8-18(22(26)27)14-20(19)21/h1-3,6-9,14,19H,4-5,10-13,15-16,25H2,(H3,26,27). The second-order valence-electron chi connectivity index (χ2n) is 8.42. The third-order valence-corrected chi connectivity index (χ3v) is 6.65. The molecule has 30 heavy (non-hydrogen) atoms. The third-order valence-electron chi connectivity index (χ3n) is 6.65.